The lowest BCUT2D eigenvalue weighted by Crippen LogP contribution is -2.38. The maximum atomic E-state index is 12.9. The molecule has 0 aliphatic carbocycles. The van der Waals surface area contributed by atoms with Gasteiger partial charge in [0.05, 0.1) is 6.54 Å². The first-order chi connectivity index (χ1) is 12.4. The van der Waals surface area contributed by atoms with Gasteiger partial charge in [0, 0.05) is 23.7 Å². The zero-order chi connectivity index (χ0) is 19.1. The topological polar surface area (TPSA) is 49.4 Å². The molecule has 0 spiro atoms. The Hall–Kier alpha value is -2.40. The lowest BCUT2D eigenvalue weighted by atomic mass is 10.1. The number of carbonyl (C=O) groups excluding carboxylic acids is 2. The molecule has 0 atom stereocenters. The van der Waals surface area contributed by atoms with Crippen molar-refractivity contribution in [3.63, 3.8) is 0 Å². The zero-order valence-electron chi connectivity index (χ0n) is 14.9. The Labute approximate surface area is 158 Å². The monoisotopic (exact) mass is 376 g/mol. The number of hydrogen-bond acceptors (Lipinski definition) is 2. The minimum atomic E-state index is -0.303. The molecule has 1 N–H and O–H groups in total. The molecule has 138 valence electrons. The highest BCUT2D eigenvalue weighted by atomic mass is 35.5. The molecular weight excluding hydrogens is 355 g/mol. The average molecular weight is 377 g/mol. The van der Waals surface area contributed by atoms with E-state index in [9.17, 15) is 14.0 Å². The molecule has 2 aromatic carbocycles. The molecule has 2 amide bonds. The summed E-state index contributed by atoms with van der Waals surface area (Å²) < 4.78 is 12.9. The van der Waals surface area contributed by atoms with E-state index in [4.69, 9.17) is 11.6 Å². The predicted molar refractivity (Wildman–Crippen MR) is 102 cm³/mol. The van der Waals surface area contributed by atoms with Crippen molar-refractivity contribution in [1.29, 1.82) is 0 Å². The Morgan fingerprint density at radius 3 is 2.50 bits per heavy atom. The second-order valence-electron chi connectivity index (χ2n) is 6.04. The average Bonchev–Trinajstić information content (AvgIpc) is 2.62. The van der Waals surface area contributed by atoms with Crippen molar-refractivity contribution < 1.29 is 14.0 Å². The Morgan fingerprint density at radius 2 is 1.85 bits per heavy atom. The first kappa shape index (κ1) is 19.9. The van der Waals surface area contributed by atoms with Crippen molar-refractivity contribution in [1.82, 2.24) is 4.90 Å². The second-order valence-corrected chi connectivity index (χ2v) is 6.48. The molecule has 0 aliphatic rings. The van der Waals surface area contributed by atoms with E-state index in [2.05, 4.69) is 5.32 Å². The Bertz CT molecular complexity index is 778. The van der Waals surface area contributed by atoms with Crippen molar-refractivity contribution in [3.05, 3.63) is 64.4 Å². The van der Waals surface area contributed by atoms with E-state index in [1.165, 1.54) is 17.0 Å². The number of benzene rings is 2. The number of amides is 2. The predicted octanol–water partition coefficient (Wildman–Crippen LogP) is 4.21. The van der Waals surface area contributed by atoms with Crippen LogP contribution in [0.15, 0.2) is 42.5 Å². The van der Waals surface area contributed by atoms with Crippen molar-refractivity contribution in [2.75, 3.05) is 18.4 Å². The summed E-state index contributed by atoms with van der Waals surface area (Å²) in [4.78, 5) is 26.1. The minimum absolute atomic E-state index is 0.0231. The summed E-state index contributed by atoms with van der Waals surface area (Å²) in [5, 5.41) is 3.33. The highest BCUT2D eigenvalue weighted by Crippen LogP contribution is 2.20. The van der Waals surface area contributed by atoms with E-state index in [0.29, 0.717) is 23.7 Å². The van der Waals surface area contributed by atoms with Gasteiger partial charge >= 0.3 is 0 Å². The molecule has 0 saturated heterocycles. The number of halogens is 2. The smallest absolute Gasteiger partial charge is 0.244 e. The Kier molecular flexibility index (Phi) is 7.16. The fourth-order valence-corrected chi connectivity index (χ4v) is 2.70. The summed E-state index contributed by atoms with van der Waals surface area (Å²) in [5.41, 5.74) is 2.42. The quantitative estimate of drug-likeness (QED) is 0.787. The molecule has 4 nitrogen and oxygen atoms in total. The maximum Gasteiger partial charge on any atom is 0.244 e. The largest absolute Gasteiger partial charge is 0.334 e. The van der Waals surface area contributed by atoms with Gasteiger partial charge in [-0.05, 0) is 55.7 Å². The number of rotatable bonds is 7. The van der Waals surface area contributed by atoms with Crippen LogP contribution in [0.3, 0.4) is 0 Å². The third-order valence-corrected chi connectivity index (χ3v) is 4.32. The SMILES string of the molecule is CCN(CC(=O)Nc1cc(Cl)ccc1C)C(=O)CCc1ccc(F)cc1. The number of carbonyl (C=O) groups is 2. The van der Waals surface area contributed by atoms with Gasteiger partial charge in [0.25, 0.3) is 0 Å². The van der Waals surface area contributed by atoms with Crippen LogP contribution >= 0.6 is 11.6 Å². The van der Waals surface area contributed by atoms with E-state index >= 15 is 0 Å². The van der Waals surface area contributed by atoms with Gasteiger partial charge in [0.2, 0.25) is 11.8 Å². The number of likely N-dealkylation sites (N-methyl/N-ethyl adjacent to an activating group) is 1. The van der Waals surface area contributed by atoms with Crippen LogP contribution in [0.25, 0.3) is 0 Å². The van der Waals surface area contributed by atoms with E-state index in [-0.39, 0.29) is 30.6 Å². The molecule has 0 aromatic heterocycles. The molecule has 2 rings (SSSR count). The first-order valence-electron chi connectivity index (χ1n) is 8.47. The van der Waals surface area contributed by atoms with Gasteiger partial charge in [-0.25, -0.2) is 4.39 Å². The zero-order valence-corrected chi connectivity index (χ0v) is 15.6. The molecule has 0 heterocycles. The lowest BCUT2D eigenvalue weighted by Gasteiger charge is -2.21. The molecule has 0 fully saturated rings. The van der Waals surface area contributed by atoms with E-state index in [1.807, 2.05) is 19.9 Å². The molecule has 0 saturated carbocycles. The third-order valence-electron chi connectivity index (χ3n) is 4.08. The van der Waals surface area contributed by atoms with E-state index < -0.39 is 0 Å². The van der Waals surface area contributed by atoms with Crippen LogP contribution in [-0.4, -0.2) is 29.8 Å². The molecule has 26 heavy (non-hydrogen) atoms. The summed E-state index contributed by atoms with van der Waals surface area (Å²) in [5.74, 6) is -0.689. The number of anilines is 1. The lowest BCUT2D eigenvalue weighted by molar-refractivity contribution is -0.134. The fourth-order valence-electron chi connectivity index (χ4n) is 2.53. The van der Waals surface area contributed by atoms with Crippen LogP contribution in [-0.2, 0) is 16.0 Å². The first-order valence-corrected chi connectivity index (χ1v) is 8.85. The van der Waals surface area contributed by atoms with Gasteiger partial charge in [0.15, 0.2) is 0 Å². The second kappa shape index (κ2) is 9.34. The molecule has 0 aliphatic heterocycles. The van der Waals surface area contributed by atoms with Crippen molar-refractivity contribution >= 4 is 29.1 Å². The molecular formula is C20H22ClFN2O2. The molecule has 0 unspecified atom stereocenters. The van der Waals surface area contributed by atoms with Gasteiger partial charge in [-0.3, -0.25) is 9.59 Å². The number of nitrogens with zero attached hydrogens (tertiary/aromatic N) is 1. The summed E-state index contributed by atoms with van der Waals surface area (Å²) >= 11 is 5.95. The van der Waals surface area contributed by atoms with Crippen molar-refractivity contribution in [3.8, 4) is 0 Å². The van der Waals surface area contributed by atoms with Gasteiger partial charge < -0.3 is 10.2 Å². The number of hydrogen-bond donors (Lipinski definition) is 1. The normalized spacial score (nSPS) is 10.5. The van der Waals surface area contributed by atoms with E-state index in [1.54, 1.807) is 24.3 Å². The van der Waals surface area contributed by atoms with E-state index in [0.717, 1.165) is 11.1 Å². The molecule has 2 aromatic rings. The van der Waals surface area contributed by atoms with Crippen LogP contribution in [0.5, 0.6) is 0 Å². The molecule has 6 heteroatoms. The summed E-state index contributed by atoms with van der Waals surface area (Å²) in [6.07, 6.45) is 0.771. The Morgan fingerprint density at radius 1 is 1.15 bits per heavy atom. The van der Waals surface area contributed by atoms with Gasteiger partial charge in [0.1, 0.15) is 5.82 Å². The fraction of sp³-hybridized carbons (Fsp3) is 0.300. The van der Waals surface area contributed by atoms with Crippen molar-refractivity contribution in [2.24, 2.45) is 0 Å². The standard InChI is InChI=1S/C20H22ClFN2O2/c1-3-24(20(26)11-7-15-5-9-17(22)10-6-15)13-19(25)23-18-12-16(21)8-4-14(18)2/h4-6,8-10,12H,3,7,11,13H2,1-2H3,(H,23,25). The molecule has 0 bridgehead atoms. The van der Waals surface area contributed by atoms with Gasteiger partial charge in [-0.2, -0.15) is 0 Å². The van der Waals surface area contributed by atoms with Crippen LogP contribution in [0.1, 0.15) is 24.5 Å². The van der Waals surface area contributed by atoms with Crippen LogP contribution in [0.4, 0.5) is 10.1 Å². The molecule has 0 radical (unpaired) electrons. The van der Waals surface area contributed by atoms with Crippen LogP contribution in [0.2, 0.25) is 5.02 Å². The summed E-state index contributed by atoms with van der Waals surface area (Å²) in [7, 11) is 0. The summed E-state index contributed by atoms with van der Waals surface area (Å²) in [6, 6.07) is 11.3. The number of aryl methyl sites for hydroxylation is 2. The van der Waals surface area contributed by atoms with Crippen molar-refractivity contribution in [2.45, 2.75) is 26.7 Å². The highest BCUT2D eigenvalue weighted by molar-refractivity contribution is 6.31. The van der Waals surface area contributed by atoms with Gasteiger partial charge in [-0.1, -0.05) is 29.8 Å². The number of nitrogens with one attached hydrogen (secondary N) is 1. The minimum Gasteiger partial charge on any atom is -0.334 e. The van der Waals surface area contributed by atoms with Crippen LogP contribution < -0.4 is 5.32 Å². The highest BCUT2D eigenvalue weighted by Gasteiger charge is 2.16. The third kappa shape index (κ3) is 5.85. The maximum absolute atomic E-state index is 12.9. The van der Waals surface area contributed by atoms with Crippen LogP contribution in [0, 0.1) is 12.7 Å². The van der Waals surface area contributed by atoms with Gasteiger partial charge in [-0.15, -0.1) is 0 Å². The Balaban J connectivity index is 1.90. The summed E-state index contributed by atoms with van der Waals surface area (Å²) in [6.45, 7) is 4.11.